The second-order valence-corrected chi connectivity index (χ2v) is 3.20. The van der Waals surface area contributed by atoms with E-state index in [-0.39, 0.29) is 11.9 Å². The lowest BCUT2D eigenvalue weighted by Crippen LogP contribution is -2.42. The number of carbonyl (C=O) groups is 2. The third kappa shape index (κ3) is 5.67. The number of carbonyl (C=O) groups excluding carboxylic acids is 2. The van der Waals surface area contributed by atoms with Gasteiger partial charge in [-0.05, 0) is 19.4 Å². The lowest BCUT2D eigenvalue weighted by molar-refractivity contribution is -0.126. The minimum absolute atomic E-state index is 0.302. The Balaban J connectivity index is 4.38. The third-order valence-electron chi connectivity index (χ3n) is 1.86. The van der Waals surface area contributed by atoms with Gasteiger partial charge in [-0.3, -0.25) is 14.9 Å². The van der Waals surface area contributed by atoms with E-state index in [1.807, 2.05) is 13.8 Å². The summed E-state index contributed by atoms with van der Waals surface area (Å²) in [5.74, 6) is -0.302. The Morgan fingerprint density at radius 3 is 2.67 bits per heavy atom. The summed E-state index contributed by atoms with van der Waals surface area (Å²) in [5, 5.41) is 5.17. The molecule has 0 aliphatic rings. The standard InChI is InChI=1S/C11H18N2O2/c1-4-6-9(3)13-10(7-5-2)11(15)12-8-14/h4,6,8,10,13H,1,5,7H2,2-3H3,(H,12,14,15)/b9-6+. The molecule has 0 aliphatic carbocycles. The van der Waals surface area contributed by atoms with Crippen molar-refractivity contribution in [1.82, 2.24) is 10.6 Å². The summed E-state index contributed by atoms with van der Waals surface area (Å²) in [6, 6.07) is -0.364. The highest BCUT2D eigenvalue weighted by Crippen LogP contribution is 2.00. The molecule has 0 aromatic rings. The van der Waals surface area contributed by atoms with Gasteiger partial charge in [0, 0.05) is 5.70 Å². The summed E-state index contributed by atoms with van der Waals surface area (Å²) >= 11 is 0. The van der Waals surface area contributed by atoms with Gasteiger partial charge in [-0.1, -0.05) is 26.0 Å². The van der Waals surface area contributed by atoms with E-state index < -0.39 is 0 Å². The number of allylic oxidation sites excluding steroid dienone is 3. The molecular formula is C11H18N2O2. The van der Waals surface area contributed by atoms with Crippen molar-refractivity contribution >= 4 is 12.3 Å². The first-order chi connectivity index (χ1) is 7.15. The van der Waals surface area contributed by atoms with Crippen molar-refractivity contribution in [2.75, 3.05) is 0 Å². The first-order valence-corrected chi connectivity index (χ1v) is 4.95. The molecule has 0 saturated carbocycles. The van der Waals surface area contributed by atoms with Gasteiger partial charge in [-0.2, -0.15) is 0 Å². The van der Waals surface area contributed by atoms with Gasteiger partial charge >= 0.3 is 0 Å². The molecule has 1 unspecified atom stereocenters. The van der Waals surface area contributed by atoms with Gasteiger partial charge in [-0.25, -0.2) is 0 Å². The first-order valence-electron chi connectivity index (χ1n) is 4.95. The zero-order chi connectivity index (χ0) is 11.7. The predicted molar refractivity (Wildman–Crippen MR) is 60.0 cm³/mol. The first kappa shape index (κ1) is 13.4. The lowest BCUT2D eigenvalue weighted by atomic mass is 10.1. The molecule has 1 atom stereocenters. The quantitative estimate of drug-likeness (QED) is 0.489. The number of amides is 2. The molecule has 0 bridgehead atoms. The average Bonchev–Trinajstić information content (AvgIpc) is 2.18. The minimum atomic E-state index is -0.364. The van der Waals surface area contributed by atoms with Gasteiger partial charge in [0.05, 0.1) is 0 Å². The van der Waals surface area contributed by atoms with Crippen LogP contribution in [0.2, 0.25) is 0 Å². The van der Waals surface area contributed by atoms with Crippen molar-refractivity contribution in [3.05, 3.63) is 24.4 Å². The highest BCUT2D eigenvalue weighted by atomic mass is 16.2. The van der Waals surface area contributed by atoms with Crippen LogP contribution in [0.4, 0.5) is 0 Å². The topological polar surface area (TPSA) is 58.2 Å². The molecule has 4 heteroatoms. The van der Waals surface area contributed by atoms with Crippen molar-refractivity contribution < 1.29 is 9.59 Å². The van der Waals surface area contributed by atoms with E-state index >= 15 is 0 Å². The molecule has 0 saturated heterocycles. The van der Waals surface area contributed by atoms with E-state index in [9.17, 15) is 9.59 Å². The van der Waals surface area contributed by atoms with E-state index in [1.54, 1.807) is 12.2 Å². The second-order valence-electron chi connectivity index (χ2n) is 3.20. The second kappa shape index (κ2) is 7.79. The Hall–Kier alpha value is -1.58. The van der Waals surface area contributed by atoms with Crippen LogP contribution in [0.15, 0.2) is 24.4 Å². The molecule has 0 aliphatic heterocycles. The molecule has 0 fully saturated rings. The average molecular weight is 210 g/mol. The predicted octanol–water partition coefficient (Wildman–Crippen LogP) is 1.11. The van der Waals surface area contributed by atoms with E-state index in [0.717, 1.165) is 12.1 Å². The molecule has 0 radical (unpaired) electrons. The highest BCUT2D eigenvalue weighted by molar-refractivity contribution is 5.90. The van der Waals surface area contributed by atoms with Crippen LogP contribution in [0.1, 0.15) is 26.7 Å². The minimum Gasteiger partial charge on any atom is -0.377 e. The molecule has 0 aromatic heterocycles. The fourth-order valence-electron chi connectivity index (χ4n) is 1.22. The van der Waals surface area contributed by atoms with Gasteiger partial charge in [0.15, 0.2) is 0 Å². The number of imide groups is 1. The van der Waals surface area contributed by atoms with Crippen LogP contribution in [-0.2, 0) is 9.59 Å². The Morgan fingerprint density at radius 1 is 1.53 bits per heavy atom. The fraction of sp³-hybridized carbons (Fsp3) is 0.455. The molecule has 0 heterocycles. The maximum Gasteiger partial charge on any atom is 0.248 e. The Morgan fingerprint density at radius 2 is 2.20 bits per heavy atom. The fourth-order valence-corrected chi connectivity index (χ4v) is 1.22. The lowest BCUT2D eigenvalue weighted by Gasteiger charge is -2.17. The molecule has 15 heavy (non-hydrogen) atoms. The van der Waals surface area contributed by atoms with Crippen molar-refractivity contribution in [3.63, 3.8) is 0 Å². The summed E-state index contributed by atoms with van der Waals surface area (Å²) in [6.07, 6.45) is 5.37. The Labute approximate surface area is 90.4 Å². The summed E-state index contributed by atoms with van der Waals surface area (Å²) in [4.78, 5) is 21.6. The van der Waals surface area contributed by atoms with Crippen molar-refractivity contribution in [2.24, 2.45) is 0 Å². The third-order valence-corrected chi connectivity index (χ3v) is 1.86. The molecule has 2 N–H and O–H groups in total. The van der Waals surface area contributed by atoms with E-state index in [1.165, 1.54) is 0 Å². The molecule has 4 nitrogen and oxygen atoms in total. The Bertz CT molecular complexity index is 259. The van der Waals surface area contributed by atoms with Crippen molar-refractivity contribution in [3.8, 4) is 0 Å². The van der Waals surface area contributed by atoms with Gasteiger partial charge in [0.2, 0.25) is 12.3 Å². The normalized spacial score (nSPS) is 12.8. The van der Waals surface area contributed by atoms with E-state index in [4.69, 9.17) is 0 Å². The Kier molecular flexibility index (Phi) is 6.97. The summed E-state index contributed by atoms with van der Waals surface area (Å²) in [6.45, 7) is 7.39. The van der Waals surface area contributed by atoms with Gasteiger partial charge in [0.1, 0.15) is 6.04 Å². The van der Waals surface area contributed by atoms with E-state index in [2.05, 4.69) is 17.2 Å². The highest BCUT2D eigenvalue weighted by Gasteiger charge is 2.15. The zero-order valence-electron chi connectivity index (χ0n) is 9.25. The van der Waals surface area contributed by atoms with Crippen LogP contribution >= 0.6 is 0 Å². The zero-order valence-corrected chi connectivity index (χ0v) is 9.25. The largest absolute Gasteiger partial charge is 0.377 e. The monoisotopic (exact) mass is 210 g/mol. The maximum absolute atomic E-state index is 11.4. The maximum atomic E-state index is 11.4. The molecular weight excluding hydrogens is 192 g/mol. The number of hydrogen-bond donors (Lipinski definition) is 2. The van der Waals surface area contributed by atoms with Crippen LogP contribution in [0, 0.1) is 0 Å². The number of hydrogen-bond acceptors (Lipinski definition) is 3. The number of nitrogens with one attached hydrogen (secondary N) is 2. The van der Waals surface area contributed by atoms with Crippen molar-refractivity contribution in [2.45, 2.75) is 32.7 Å². The smallest absolute Gasteiger partial charge is 0.248 e. The molecule has 2 amide bonds. The van der Waals surface area contributed by atoms with Crippen molar-refractivity contribution in [1.29, 1.82) is 0 Å². The van der Waals surface area contributed by atoms with Crippen LogP contribution in [0.5, 0.6) is 0 Å². The van der Waals surface area contributed by atoms with Crippen LogP contribution in [0.25, 0.3) is 0 Å². The molecule has 84 valence electrons. The van der Waals surface area contributed by atoms with Gasteiger partial charge in [-0.15, -0.1) is 0 Å². The van der Waals surface area contributed by atoms with Crippen LogP contribution < -0.4 is 10.6 Å². The SMILES string of the molecule is C=C/C=C(\C)NC(CCC)C(=O)NC=O. The van der Waals surface area contributed by atoms with Gasteiger partial charge < -0.3 is 5.32 Å². The summed E-state index contributed by atoms with van der Waals surface area (Å²) < 4.78 is 0. The molecule has 0 aromatic carbocycles. The molecule has 0 spiro atoms. The van der Waals surface area contributed by atoms with Crippen LogP contribution in [-0.4, -0.2) is 18.4 Å². The van der Waals surface area contributed by atoms with Gasteiger partial charge in [0.25, 0.3) is 0 Å². The van der Waals surface area contributed by atoms with Crippen LogP contribution in [0.3, 0.4) is 0 Å². The summed E-state index contributed by atoms with van der Waals surface area (Å²) in [5.41, 5.74) is 0.851. The summed E-state index contributed by atoms with van der Waals surface area (Å²) in [7, 11) is 0. The number of rotatable bonds is 7. The molecule has 0 rings (SSSR count). The van der Waals surface area contributed by atoms with E-state index in [0.29, 0.717) is 12.8 Å².